The topological polar surface area (TPSA) is 76.4 Å². The maximum atomic E-state index is 6.00. The molecular weight excluding hydrogens is 491 g/mol. The van der Waals surface area contributed by atoms with Crippen molar-refractivity contribution in [2.24, 2.45) is 17.5 Å². The van der Waals surface area contributed by atoms with Crippen LogP contribution in [0.1, 0.15) is 49.8 Å². The van der Waals surface area contributed by atoms with E-state index >= 15 is 0 Å². The van der Waals surface area contributed by atoms with Gasteiger partial charge in [-0.15, -0.1) is 34.2 Å². The van der Waals surface area contributed by atoms with Crippen molar-refractivity contribution in [1.29, 1.82) is 0 Å². The number of guanidine groups is 1. The molecule has 1 heterocycles. The Morgan fingerprint density at radius 1 is 1.27 bits per heavy atom. The summed E-state index contributed by atoms with van der Waals surface area (Å²) in [5, 5.41) is 15.6. The van der Waals surface area contributed by atoms with E-state index in [1.165, 1.54) is 24.8 Å². The molecule has 1 spiro atoms. The van der Waals surface area contributed by atoms with E-state index in [9.17, 15) is 0 Å². The molecule has 2 atom stereocenters. The maximum absolute atomic E-state index is 6.00. The molecule has 0 amide bonds. The van der Waals surface area contributed by atoms with Gasteiger partial charge in [0, 0.05) is 25.1 Å². The number of hydrogen-bond donors (Lipinski definition) is 2. The molecule has 30 heavy (non-hydrogen) atoms. The minimum Gasteiger partial charge on any atom is -0.378 e. The lowest BCUT2D eigenvalue weighted by Crippen LogP contribution is -2.68. The number of hydrogen-bond acceptors (Lipinski definition) is 4. The average molecular weight is 524 g/mol. The molecule has 4 rings (SSSR count). The second kappa shape index (κ2) is 10.1. The van der Waals surface area contributed by atoms with Crippen LogP contribution in [0.5, 0.6) is 0 Å². The summed E-state index contributed by atoms with van der Waals surface area (Å²) < 4.78 is 8.01. The first-order valence-corrected chi connectivity index (χ1v) is 10.7. The van der Waals surface area contributed by atoms with Gasteiger partial charge < -0.3 is 19.9 Å². The molecule has 2 aliphatic rings. The molecule has 7 nitrogen and oxygen atoms in total. The summed E-state index contributed by atoms with van der Waals surface area (Å²) in [7, 11) is 1.99. The standard InChI is InChI=1S/C22H32N6O.HI/c1-4-29-19-13-18(22(19)11-8-12-22)25-21(23-14-17-9-6-5-7-10-17)24-15-20-27-26-16(2)28(20)3;/h5-7,9-10,18-19H,4,8,11-15H2,1-3H3,(H2,23,24,25);1H. The SMILES string of the molecule is CCOC1CC(NC(=NCc2ccccc2)NCc2nnc(C)n2C)C12CCC2.I. The third-order valence-corrected chi connectivity index (χ3v) is 6.61. The average Bonchev–Trinajstić information content (AvgIpc) is 3.00. The van der Waals surface area contributed by atoms with Gasteiger partial charge in [0.25, 0.3) is 0 Å². The second-order valence-corrected chi connectivity index (χ2v) is 8.19. The molecule has 2 fully saturated rings. The van der Waals surface area contributed by atoms with E-state index < -0.39 is 0 Å². The van der Waals surface area contributed by atoms with Crippen LogP contribution in [0.4, 0.5) is 0 Å². The molecule has 164 valence electrons. The molecule has 2 unspecified atom stereocenters. The van der Waals surface area contributed by atoms with Gasteiger partial charge in [-0.1, -0.05) is 36.8 Å². The summed E-state index contributed by atoms with van der Waals surface area (Å²) in [4.78, 5) is 4.86. The van der Waals surface area contributed by atoms with Crippen LogP contribution < -0.4 is 10.6 Å². The third kappa shape index (κ3) is 4.64. The lowest BCUT2D eigenvalue weighted by molar-refractivity contribution is -0.168. The van der Waals surface area contributed by atoms with Crippen LogP contribution in [-0.2, 0) is 24.9 Å². The van der Waals surface area contributed by atoms with Crippen molar-refractivity contribution >= 4 is 29.9 Å². The monoisotopic (exact) mass is 524 g/mol. The Labute approximate surface area is 196 Å². The van der Waals surface area contributed by atoms with E-state index in [0.29, 0.717) is 25.2 Å². The minimum atomic E-state index is 0. The first-order chi connectivity index (χ1) is 14.1. The highest BCUT2D eigenvalue weighted by Crippen LogP contribution is 2.57. The summed E-state index contributed by atoms with van der Waals surface area (Å²) >= 11 is 0. The van der Waals surface area contributed by atoms with E-state index in [2.05, 4.69) is 52.0 Å². The van der Waals surface area contributed by atoms with Gasteiger partial charge in [0.05, 0.1) is 19.2 Å². The molecular formula is C22H33IN6O. The number of aromatic nitrogens is 3. The zero-order chi connectivity index (χ0) is 20.3. The summed E-state index contributed by atoms with van der Waals surface area (Å²) in [5.74, 6) is 2.64. The van der Waals surface area contributed by atoms with E-state index in [4.69, 9.17) is 9.73 Å². The van der Waals surface area contributed by atoms with Crippen molar-refractivity contribution in [2.75, 3.05) is 6.61 Å². The smallest absolute Gasteiger partial charge is 0.192 e. The van der Waals surface area contributed by atoms with Crippen molar-refractivity contribution in [2.45, 2.75) is 64.8 Å². The van der Waals surface area contributed by atoms with E-state index in [-0.39, 0.29) is 29.4 Å². The van der Waals surface area contributed by atoms with Crippen LogP contribution in [0.3, 0.4) is 0 Å². The van der Waals surface area contributed by atoms with Crippen molar-refractivity contribution in [1.82, 2.24) is 25.4 Å². The van der Waals surface area contributed by atoms with Crippen LogP contribution in [0.25, 0.3) is 0 Å². The Kier molecular flexibility index (Phi) is 7.73. The molecule has 2 N–H and O–H groups in total. The van der Waals surface area contributed by atoms with Crippen LogP contribution in [0.2, 0.25) is 0 Å². The molecule has 2 saturated carbocycles. The number of benzene rings is 1. The first kappa shape index (κ1) is 23.0. The van der Waals surface area contributed by atoms with Gasteiger partial charge in [-0.25, -0.2) is 4.99 Å². The highest BCUT2D eigenvalue weighted by molar-refractivity contribution is 14.0. The predicted molar refractivity (Wildman–Crippen MR) is 129 cm³/mol. The molecule has 0 aliphatic heterocycles. The fraction of sp³-hybridized carbons (Fsp3) is 0.591. The predicted octanol–water partition coefficient (Wildman–Crippen LogP) is 3.32. The fourth-order valence-electron chi connectivity index (χ4n) is 4.48. The lowest BCUT2D eigenvalue weighted by Gasteiger charge is -2.61. The van der Waals surface area contributed by atoms with Gasteiger partial charge in [0.1, 0.15) is 5.82 Å². The van der Waals surface area contributed by atoms with Gasteiger partial charge >= 0.3 is 0 Å². The number of ether oxygens (including phenoxy) is 1. The molecule has 1 aromatic heterocycles. The van der Waals surface area contributed by atoms with Crippen molar-refractivity contribution in [3.63, 3.8) is 0 Å². The van der Waals surface area contributed by atoms with Gasteiger partial charge in [0.2, 0.25) is 0 Å². The van der Waals surface area contributed by atoms with E-state index in [1.54, 1.807) is 0 Å². The number of rotatable bonds is 7. The quantitative estimate of drug-likeness (QED) is 0.330. The normalized spacial score (nSPS) is 22.0. The van der Waals surface area contributed by atoms with Crippen molar-refractivity contribution in [3.8, 4) is 0 Å². The van der Waals surface area contributed by atoms with Crippen molar-refractivity contribution < 1.29 is 4.74 Å². The summed E-state index contributed by atoms with van der Waals surface area (Å²) in [6.07, 6.45) is 5.20. The van der Waals surface area contributed by atoms with Crippen LogP contribution in [0, 0.1) is 12.3 Å². The number of nitrogens with one attached hydrogen (secondary N) is 2. The summed E-state index contributed by atoms with van der Waals surface area (Å²) in [6, 6.07) is 10.8. The summed E-state index contributed by atoms with van der Waals surface area (Å²) in [5.41, 5.74) is 1.48. The zero-order valence-corrected chi connectivity index (χ0v) is 20.4. The number of nitrogens with zero attached hydrogens (tertiary/aromatic N) is 4. The van der Waals surface area contributed by atoms with Gasteiger partial charge in [-0.2, -0.15) is 0 Å². The Bertz CT molecular complexity index is 849. The molecule has 1 aromatic carbocycles. The number of aliphatic imine (C=N–C) groups is 1. The zero-order valence-electron chi connectivity index (χ0n) is 18.1. The van der Waals surface area contributed by atoms with Gasteiger partial charge in [-0.3, -0.25) is 0 Å². The number of aryl methyl sites for hydroxylation is 1. The lowest BCUT2D eigenvalue weighted by atomic mass is 9.51. The highest BCUT2D eigenvalue weighted by atomic mass is 127. The maximum Gasteiger partial charge on any atom is 0.192 e. The largest absolute Gasteiger partial charge is 0.378 e. The third-order valence-electron chi connectivity index (χ3n) is 6.61. The molecule has 0 radical (unpaired) electrons. The molecule has 8 heteroatoms. The van der Waals surface area contributed by atoms with Crippen LogP contribution in [-0.4, -0.2) is 39.5 Å². The second-order valence-electron chi connectivity index (χ2n) is 8.19. The first-order valence-electron chi connectivity index (χ1n) is 10.7. The molecule has 2 aliphatic carbocycles. The molecule has 2 aromatic rings. The highest BCUT2D eigenvalue weighted by Gasteiger charge is 2.59. The van der Waals surface area contributed by atoms with Crippen LogP contribution >= 0.6 is 24.0 Å². The van der Waals surface area contributed by atoms with Crippen molar-refractivity contribution in [3.05, 3.63) is 47.5 Å². The Balaban J connectivity index is 0.00000256. The summed E-state index contributed by atoms with van der Waals surface area (Å²) in [6.45, 7) is 6.07. The van der Waals surface area contributed by atoms with E-state index in [1.807, 2.05) is 24.6 Å². The van der Waals surface area contributed by atoms with Crippen LogP contribution in [0.15, 0.2) is 35.3 Å². The minimum absolute atomic E-state index is 0. The van der Waals surface area contributed by atoms with Gasteiger partial charge in [-0.05, 0) is 38.7 Å². The number of halogens is 1. The van der Waals surface area contributed by atoms with Gasteiger partial charge in [0.15, 0.2) is 11.8 Å². The van der Waals surface area contributed by atoms with E-state index in [0.717, 1.165) is 30.6 Å². The Morgan fingerprint density at radius 2 is 2.03 bits per heavy atom. The Hall–Kier alpha value is -1.68. The Morgan fingerprint density at radius 3 is 2.63 bits per heavy atom. The molecule has 0 bridgehead atoms. The fourth-order valence-corrected chi connectivity index (χ4v) is 4.48. The molecule has 0 saturated heterocycles.